The van der Waals surface area contributed by atoms with Gasteiger partial charge < -0.3 is 10.8 Å². The Morgan fingerprint density at radius 2 is 2.36 bits per heavy atom. The van der Waals surface area contributed by atoms with E-state index in [0.29, 0.717) is 0 Å². The number of nitrogens with zero attached hydrogens (tertiary/aromatic N) is 1. The zero-order valence-corrected chi connectivity index (χ0v) is 6.19. The van der Waals surface area contributed by atoms with Gasteiger partial charge in [0.2, 0.25) is 0 Å². The standard InChI is InChI=1S/C3H4N2.C3H7NO2/c1-2-4-5-3-1;1-2(4)3(5)6/h1-3H,(H,4,5);2H,4H2,1H3,(H,5,6)/t;2-/m.0/s1. The summed E-state index contributed by atoms with van der Waals surface area (Å²) in [4.78, 5) is 9.57. The molecule has 4 N–H and O–H groups in total. The fourth-order valence-electron chi connectivity index (χ4n) is 0.215. The Bertz CT molecular complexity index is 166. The topological polar surface area (TPSA) is 92.0 Å². The SMILES string of the molecule is C[C@H](N)C(=O)O.c1cn[nH]c1. The van der Waals surface area contributed by atoms with E-state index in [-0.39, 0.29) is 0 Å². The van der Waals surface area contributed by atoms with E-state index >= 15 is 0 Å². The molecule has 1 rings (SSSR count). The monoisotopic (exact) mass is 157 g/mol. The summed E-state index contributed by atoms with van der Waals surface area (Å²) in [6.07, 6.45) is 3.46. The molecule has 0 aliphatic carbocycles. The second-order valence-corrected chi connectivity index (χ2v) is 1.89. The second-order valence-electron chi connectivity index (χ2n) is 1.89. The van der Waals surface area contributed by atoms with E-state index in [9.17, 15) is 4.79 Å². The van der Waals surface area contributed by atoms with E-state index in [0.717, 1.165) is 0 Å². The first-order valence-electron chi connectivity index (χ1n) is 3.06. The third-order valence-corrected chi connectivity index (χ3v) is 0.795. The Labute approximate surface area is 64.2 Å². The molecule has 0 amide bonds. The molecule has 5 nitrogen and oxygen atoms in total. The number of rotatable bonds is 1. The van der Waals surface area contributed by atoms with Crippen molar-refractivity contribution in [1.82, 2.24) is 10.2 Å². The number of carboxylic acids is 1. The third kappa shape index (κ3) is 6.53. The Morgan fingerprint density at radius 3 is 2.45 bits per heavy atom. The molecule has 0 aliphatic rings. The number of nitrogens with one attached hydrogen (secondary N) is 1. The van der Waals surface area contributed by atoms with E-state index in [1.165, 1.54) is 6.92 Å². The maximum absolute atomic E-state index is 9.57. The highest BCUT2D eigenvalue weighted by Gasteiger charge is 1.99. The number of H-pyrrole nitrogens is 1. The highest BCUT2D eigenvalue weighted by atomic mass is 16.4. The summed E-state index contributed by atoms with van der Waals surface area (Å²) in [5.41, 5.74) is 4.84. The number of aromatic nitrogens is 2. The van der Waals surface area contributed by atoms with Crippen LogP contribution in [0.25, 0.3) is 0 Å². The largest absolute Gasteiger partial charge is 0.480 e. The Hall–Kier alpha value is -1.36. The molecule has 11 heavy (non-hydrogen) atoms. The van der Waals surface area contributed by atoms with Crippen LogP contribution in [0.4, 0.5) is 0 Å². The second kappa shape index (κ2) is 5.43. The van der Waals surface area contributed by atoms with Gasteiger partial charge in [-0.05, 0) is 13.0 Å². The molecule has 1 aromatic rings. The summed E-state index contributed by atoms with van der Waals surface area (Å²) in [5, 5.41) is 14.1. The molecule has 0 aliphatic heterocycles. The Morgan fingerprint density at radius 1 is 1.82 bits per heavy atom. The Kier molecular flexibility index (Phi) is 4.76. The summed E-state index contributed by atoms with van der Waals surface area (Å²) < 4.78 is 0. The van der Waals surface area contributed by atoms with Gasteiger partial charge in [-0.2, -0.15) is 5.10 Å². The average molecular weight is 157 g/mol. The Balaban J connectivity index is 0.000000183. The van der Waals surface area contributed by atoms with Crippen molar-refractivity contribution in [1.29, 1.82) is 0 Å². The van der Waals surface area contributed by atoms with Crippen molar-refractivity contribution in [2.45, 2.75) is 13.0 Å². The summed E-state index contributed by atoms with van der Waals surface area (Å²) in [7, 11) is 0. The summed E-state index contributed by atoms with van der Waals surface area (Å²) >= 11 is 0. The quantitative estimate of drug-likeness (QED) is 0.527. The molecule has 0 spiro atoms. The van der Waals surface area contributed by atoms with Crippen LogP contribution in [0.5, 0.6) is 0 Å². The van der Waals surface area contributed by atoms with Crippen molar-refractivity contribution in [3.63, 3.8) is 0 Å². The molecule has 0 bridgehead atoms. The van der Waals surface area contributed by atoms with Crippen molar-refractivity contribution in [2.24, 2.45) is 5.73 Å². The van der Waals surface area contributed by atoms with Gasteiger partial charge in [0, 0.05) is 12.4 Å². The predicted molar refractivity (Wildman–Crippen MR) is 39.9 cm³/mol. The zero-order chi connectivity index (χ0) is 8.69. The van der Waals surface area contributed by atoms with Crippen LogP contribution in [-0.4, -0.2) is 27.3 Å². The van der Waals surface area contributed by atoms with Crippen LogP contribution in [0.3, 0.4) is 0 Å². The number of nitrogens with two attached hydrogens (primary N) is 1. The lowest BCUT2D eigenvalue weighted by Crippen LogP contribution is -2.25. The number of hydrogen-bond acceptors (Lipinski definition) is 3. The lowest BCUT2D eigenvalue weighted by molar-refractivity contribution is -0.138. The molecule has 0 radical (unpaired) electrons. The van der Waals surface area contributed by atoms with E-state index in [1.54, 1.807) is 12.4 Å². The molecule has 0 unspecified atom stereocenters. The smallest absolute Gasteiger partial charge is 0.320 e. The maximum Gasteiger partial charge on any atom is 0.320 e. The van der Waals surface area contributed by atoms with Crippen LogP contribution in [0, 0.1) is 0 Å². The zero-order valence-electron chi connectivity index (χ0n) is 6.19. The fraction of sp³-hybridized carbons (Fsp3) is 0.333. The number of carboxylic acid groups (broad SMARTS) is 1. The first-order chi connectivity index (χ1) is 5.14. The molecule has 0 aromatic carbocycles. The molecular weight excluding hydrogens is 146 g/mol. The molecule has 1 atom stereocenters. The minimum atomic E-state index is -0.963. The van der Waals surface area contributed by atoms with Crippen molar-refractivity contribution in [3.8, 4) is 0 Å². The van der Waals surface area contributed by atoms with Crippen molar-refractivity contribution < 1.29 is 9.90 Å². The number of aromatic amines is 1. The first kappa shape index (κ1) is 9.64. The highest BCUT2D eigenvalue weighted by molar-refractivity contribution is 5.72. The van der Waals surface area contributed by atoms with Crippen molar-refractivity contribution in [2.75, 3.05) is 0 Å². The summed E-state index contributed by atoms with van der Waals surface area (Å²) in [5.74, 6) is -0.963. The lowest BCUT2D eigenvalue weighted by atomic mass is 10.4. The lowest BCUT2D eigenvalue weighted by Gasteiger charge is -1.90. The first-order valence-corrected chi connectivity index (χ1v) is 3.06. The molecule has 1 heterocycles. The van der Waals surface area contributed by atoms with Gasteiger partial charge in [0.1, 0.15) is 6.04 Å². The summed E-state index contributed by atoms with van der Waals surface area (Å²) in [6, 6.07) is 1.10. The van der Waals surface area contributed by atoms with E-state index in [2.05, 4.69) is 10.2 Å². The minimum Gasteiger partial charge on any atom is -0.480 e. The normalized spacial score (nSPS) is 11.1. The average Bonchev–Trinajstić information content (AvgIpc) is 2.41. The maximum atomic E-state index is 9.57. The molecule has 62 valence electrons. The molecule has 1 aromatic heterocycles. The van der Waals surface area contributed by atoms with Gasteiger partial charge in [-0.1, -0.05) is 0 Å². The van der Waals surface area contributed by atoms with Gasteiger partial charge in [0.05, 0.1) is 0 Å². The number of carbonyl (C=O) groups is 1. The predicted octanol–water partition coefficient (Wildman–Crippen LogP) is -0.172. The van der Waals surface area contributed by atoms with Crippen LogP contribution < -0.4 is 5.73 Å². The highest BCUT2D eigenvalue weighted by Crippen LogP contribution is 1.68. The van der Waals surface area contributed by atoms with Crippen LogP contribution in [0.15, 0.2) is 18.5 Å². The molecule has 5 heteroatoms. The van der Waals surface area contributed by atoms with Gasteiger partial charge in [-0.3, -0.25) is 9.89 Å². The van der Waals surface area contributed by atoms with Crippen LogP contribution >= 0.6 is 0 Å². The molecule has 0 saturated heterocycles. The van der Waals surface area contributed by atoms with Gasteiger partial charge in [0.15, 0.2) is 0 Å². The summed E-state index contributed by atoms with van der Waals surface area (Å²) in [6.45, 7) is 1.42. The number of aliphatic carboxylic acids is 1. The minimum absolute atomic E-state index is 0.731. The van der Waals surface area contributed by atoms with E-state index < -0.39 is 12.0 Å². The van der Waals surface area contributed by atoms with E-state index in [1.807, 2.05) is 6.07 Å². The fourth-order valence-corrected chi connectivity index (χ4v) is 0.215. The van der Waals surface area contributed by atoms with Gasteiger partial charge in [0.25, 0.3) is 0 Å². The van der Waals surface area contributed by atoms with Crippen LogP contribution in [-0.2, 0) is 4.79 Å². The van der Waals surface area contributed by atoms with Crippen LogP contribution in [0.1, 0.15) is 6.92 Å². The van der Waals surface area contributed by atoms with Crippen molar-refractivity contribution in [3.05, 3.63) is 18.5 Å². The molecule has 0 fully saturated rings. The number of hydrogen-bond donors (Lipinski definition) is 3. The van der Waals surface area contributed by atoms with Gasteiger partial charge >= 0.3 is 5.97 Å². The van der Waals surface area contributed by atoms with Crippen LogP contribution in [0.2, 0.25) is 0 Å². The van der Waals surface area contributed by atoms with Gasteiger partial charge in [-0.25, -0.2) is 0 Å². The molecule has 0 saturated carbocycles. The molecular formula is C6H11N3O2. The van der Waals surface area contributed by atoms with Gasteiger partial charge in [-0.15, -0.1) is 0 Å². The van der Waals surface area contributed by atoms with Crippen molar-refractivity contribution >= 4 is 5.97 Å². The third-order valence-electron chi connectivity index (χ3n) is 0.795. The van der Waals surface area contributed by atoms with E-state index in [4.69, 9.17) is 10.8 Å².